The molecule has 0 saturated heterocycles. The molecule has 2 amide bonds. The lowest BCUT2D eigenvalue weighted by Crippen LogP contribution is -2.70. The number of rotatable bonds is 19. The first-order chi connectivity index (χ1) is 30.3. The van der Waals surface area contributed by atoms with Crippen LogP contribution < -0.4 is 24.3 Å². The number of allylic oxidation sites excluding steroid dienone is 1. The summed E-state index contributed by atoms with van der Waals surface area (Å²) in [6.45, 7) is 8.81. The van der Waals surface area contributed by atoms with Gasteiger partial charge in [0, 0.05) is 49.8 Å². The standard InChI is InChI=1S/C48H56N4O10/c1-4-23-59-48-43(52(46(55)33-16-13-31(28-49)14-17-33)29-32-15-19-41-42(24-32)58-30-57-41)27-39(51-60-6-3)37-25-34(11-7-9-21-53)36(12-8-10-22-54)44(45(37)48)38-26-35(18-20-40(38)62-48)61-47(56)50-5-2/h4,13-20,24-26,34,36,43-45,53-54H,1,5-12,21-23,27,29-30H2,2-3H3,(H,50,56). The number of fused-ring (bicyclic) bond motifs is 3. The van der Waals surface area contributed by atoms with Crippen molar-refractivity contribution in [2.45, 2.75) is 83.1 Å². The first-order valence-electron chi connectivity index (χ1n) is 21.6. The number of hydrogen-bond donors (Lipinski definition) is 3. The molecule has 2 heterocycles. The molecule has 328 valence electrons. The van der Waals surface area contributed by atoms with Gasteiger partial charge in [-0.1, -0.05) is 36.2 Å². The Labute approximate surface area is 362 Å². The Morgan fingerprint density at radius 2 is 1.76 bits per heavy atom. The molecule has 3 aromatic carbocycles. The van der Waals surface area contributed by atoms with Crippen LogP contribution in [0.4, 0.5) is 4.79 Å². The van der Waals surface area contributed by atoms with Gasteiger partial charge in [-0.15, -0.1) is 6.58 Å². The monoisotopic (exact) mass is 848 g/mol. The summed E-state index contributed by atoms with van der Waals surface area (Å²) in [5, 5.41) is 36.9. The summed E-state index contributed by atoms with van der Waals surface area (Å²) in [6.07, 6.45) is 7.84. The van der Waals surface area contributed by atoms with Gasteiger partial charge < -0.3 is 49.0 Å². The molecule has 0 spiro atoms. The molecular weight excluding hydrogens is 793 g/mol. The van der Waals surface area contributed by atoms with Gasteiger partial charge in [0.25, 0.3) is 5.91 Å². The van der Waals surface area contributed by atoms with Crippen molar-refractivity contribution in [2.75, 3.05) is 39.8 Å². The van der Waals surface area contributed by atoms with E-state index in [0.29, 0.717) is 65.8 Å². The molecule has 1 fully saturated rings. The summed E-state index contributed by atoms with van der Waals surface area (Å²) < 4.78 is 31.6. The molecule has 6 atom stereocenters. The summed E-state index contributed by atoms with van der Waals surface area (Å²) in [4.78, 5) is 35.7. The van der Waals surface area contributed by atoms with Gasteiger partial charge >= 0.3 is 6.09 Å². The highest BCUT2D eigenvalue weighted by Gasteiger charge is 2.65. The zero-order chi connectivity index (χ0) is 43.6. The van der Waals surface area contributed by atoms with Gasteiger partial charge in [0.05, 0.1) is 29.9 Å². The van der Waals surface area contributed by atoms with Gasteiger partial charge in [0.2, 0.25) is 12.6 Å². The summed E-state index contributed by atoms with van der Waals surface area (Å²) >= 11 is 0. The largest absolute Gasteiger partial charge is 0.459 e. The van der Waals surface area contributed by atoms with Gasteiger partial charge in [-0.2, -0.15) is 5.26 Å². The fraction of sp³-hybridized carbons (Fsp3) is 0.458. The van der Waals surface area contributed by atoms with Crippen molar-refractivity contribution in [1.82, 2.24) is 10.2 Å². The Kier molecular flexibility index (Phi) is 14.5. The fourth-order valence-electron chi connectivity index (χ4n) is 9.55. The molecule has 6 unspecified atom stereocenters. The van der Waals surface area contributed by atoms with Crippen LogP contribution in [0.2, 0.25) is 0 Å². The molecule has 14 nitrogen and oxygen atoms in total. The zero-order valence-corrected chi connectivity index (χ0v) is 35.4. The first kappa shape index (κ1) is 44.2. The van der Waals surface area contributed by atoms with Crippen molar-refractivity contribution in [2.24, 2.45) is 22.9 Å². The van der Waals surface area contributed by atoms with Crippen LogP contribution in [0.25, 0.3) is 0 Å². The SMILES string of the molecule is C=CCOC12Oc3ccc(OC(=O)NCC)cc3C3C(CCCCO)C(CCCCO)C=C(C(=NOCC)CC1N(Cc1ccc4c(c1)OCO4)C(=O)c1ccc(C#N)cc1)C32. The Balaban J connectivity index is 1.47. The topological polar surface area (TPSA) is 181 Å². The van der Waals surface area contributed by atoms with Gasteiger partial charge in [-0.25, -0.2) is 4.79 Å². The Morgan fingerprint density at radius 1 is 1.00 bits per heavy atom. The summed E-state index contributed by atoms with van der Waals surface area (Å²) in [6, 6.07) is 18.8. The number of unbranched alkanes of at least 4 members (excludes halogenated alkanes) is 2. The van der Waals surface area contributed by atoms with Gasteiger partial charge in [0.15, 0.2) is 11.5 Å². The molecule has 2 aliphatic heterocycles. The average Bonchev–Trinajstić information content (AvgIpc) is 3.76. The van der Waals surface area contributed by atoms with E-state index < -0.39 is 23.8 Å². The van der Waals surface area contributed by atoms with Crippen LogP contribution in [0, 0.1) is 29.1 Å². The molecule has 3 aromatic rings. The molecule has 4 aliphatic rings. The normalized spacial score (nSPS) is 23.5. The molecule has 1 saturated carbocycles. The number of nitrogens with zero attached hydrogens (tertiary/aromatic N) is 3. The smallest absolute Gasteiger partial charge is 0.412 e. The number of benzene rings is 3. The predicted molar refractivity (Wildman–Crippen MR) is 230 cm³/mol. The van der Waals surface area contributed by atoms with E-state index in [1.807, 2.05) is 38.1 Å². The molecule has 0 bridgehead atoms. The van der Waals surface area contributed by atoms with Crippen molar-refractivity contribution < 1.29 is 48.3 Å². The Hall–Kier alpha value is -5.88. The lowest BCUT2D eigenvalue weighted by Gasteiger charge is -2.60. The number of carbonyl (C=O) groups excluding carboxylic acids is 2. The lowest BCUT2D eigenvalue weighted by atomic mass is 9.55. The van der Waals surface area contributed by atoms with E-state index >= 15 is 4.79 Å². The third-order valence-corrected chi connectivity index (χ3v) is 12.2. The van der Waals surface area contributed by atoms with Crippen LogP contribution in [0.15, 0.2) is 90.1 Å². The minimum atomic E-state index is -1.53. The van der Waals surface area contributed by atoms with Crippen molar-refractivity contribution in [3.63, 3.8) is 0 Å². The highest BCUT2D eigenvalue weighted by atomic mass is 16.7. The second kappa shape index (κ2) is 20.3. The van der Waals surface area contributed by atoms with Crippen LogP contribution in [-0.4, -0.2) is 84.4 Å². The first-order valence-corrected chi connectivity index (χ1v) is 21.6. The average molecular weight is 849 g/mol. The number of ether oxygens (including phenoxy) is 5. The quantitative estimate of drug-likeness (QED) is 0.0622. The number of carbonyl (C=O) groups is 2. The minimum Gasteiger partial charge on any atom is -0.459 e. The highest BCUT2D eigenvalue weighted by Crippen LogP contribution is 2.62. The molecule has 62 heavy (non-hydrogen) atoms. The minimum absolute atomic E-state index is 0.0147. The van der Waals surface area contributed by atoms with E-state index in [9.17, 15) is 20.3 Å². The van der Waals surface area contributed by atoms with Crippen molar-refractivity contribution in [3.05, 3.63) is 107 Å². The molecule has 0 aromatic heterocycles. The number of nitriles is 1. The molecule has 3 N–H and O–H groups in total. The van der Waals surface area contributed by atoms with Crippen LogP contribution in [0.5, 0.6) is 23.0 Å². The predicted octanol–water partition coefficient (Wildman–Crippen LogP) is 7.39. The summed E-state index contributed by atoms with van der Waals surface area (Å²) in [5.74, 6) is -0.743. The Bertz CT molecular complexity index is 2180. The van der Waals surface area contributed by atoms with Crippen LogP contribution in [-0.2, 0) is 16.1 Å². The number of nitrogens with one attached hydrogen (secondary N) is 1. The number of aliphatic hydroxyl groups is 2. The van der Waals surface area contributed by atoms with E-state index in [-0.39, 0.29) is 63.2 Å². The molecule has 14 heteroatoms. The number of oxime groups is 1. The van der Waals surface area contributed by atoms with Crippen molar-refractivity contribution in [1.29, 1.82) is 5.26 Å². The molecule has 7 rings (SSSR count). The fourth-order valence-corrected chi connectivity index (χ4v) is 9.55. The maximum absolute atomic E-state index is 15.3. The number of hydrogen-bond acceptors (Lipinski definition) is 12. The van der Waals surface area contributed by atoms with E-state index in [0.717, 1.165) is 42.4 Å². The van der Waals surface area contributed by atoms with Gasteiger partial charge in [-0.3, -0.25) is 4.79 Å². The second-order valence-electron chi connectivity index (χ2n) is 15.9. The van der Waals surface area contributed by atoms with E-state index in [1.165, 1.54) is 0 Å². The van der Waals surface area contributed by atoms with Gasteiger partial charge in [-0.05, 0) is 117 Å². The third-order valence-electron chi connectivity index (χ3n) is 12.2. The van der Waals surface area contributed by atoms with E-state index in [4.69, 9.17) is 33.7 Å². The lowest BCUT2D eigenvalue weighted by molar-refractivity contribution is -0.255. The molecule has 0 radical (unpaired) electrons. The number of amides is 2. The second-order valence-corrected chi connectivity index (χ2v) is 15.9. The highest BCUT2D eigenvalue weighted by molar-refractivity contribution is 6.03. The zero-order valence-electron chi connectivity index (χ0n) is 35.4. The van der Waals surface area contributed by atoms with Crippen LogP contribution in [0.3, 0.4) is 0 Å². The van der Waals surface area contributed by atoms with E-state index in [1.54, 1.807) is 47.4 Å². The summed E-state index contributed by atoms with van der Waals surface area (Å²) in [5.41, 5.74) is 3.90. The summed E-state index contributed by atoms with van der Waals surface area (Å²) in [7, 11) is 0. The number of aliphatic hydroxyl groups excluding tert-OH is 2. The Morgan fingerprint density at radius 3 is 2.48 bits per heavy atom. The van der Waals surface area contributed by atoms with E-state index in [2.05, 4.69) is 24.0 Å². The maximum Gasteiger partial charge on any atom is 0.412 e. The maximum atomic E-state index is 15.3. The van der Waals surface area contributed by atoms with Gasteiger partial charge in [0.1, 0.15) is 24.1 Å². The van der Waals surface area contributed by atoms with Crippen molar-refractivity contribution >= 4 is 17.7 Å². The van der Waals surface area contributed by atoms with Crippen LogP contribution in [0.1, 0.15) is 91.8 Å². The van der Waals surface area contributed by atoms with Crippen LogP contribution >= 0.6 is 0 Å². The molecule has 2 aliphatic carbocycles. The molecular formula is C48H56N4O10. The third kappa shape index (κ3) is 9.16. The van der Waals surface area contributed by atoms with Crippen molar-refractivity contribution in [3.8, 4) is 29.1 Å².